The summed E-state index contributed by atoms with van der Waals surface area (Å²) in [5.74, 6) is 0.933. The zero-order valence-corrected chi connectivity index (χ0v) is 15.8. The van der Waals surface area contributed by atoms with Crippen molar-refractivity contribution < 1.29 is 18.8 Å². The molecule has 136 valence electrons. The van der Waals surface area contributed by atoms with E-state index in [9.17, 15) is 4.79 Å². The van der Waals surface area contributed by atoms with Crippen LogP contribution >= 0.6 is 22.7 Å². The number of hydrogen-bond donors (Lipinski definition) is 0. The number of nitrogens with zero attached hydrogens (tertiary/aromatic N) is 3. The van der Waals surface area contributed by atoms with Gasteiger partial charge in [-0.3, -0.25) is 0 Å². The monoisotopic (exact) mass is 399 g/mol. The minimum Gasteiger partial charge on any atom is -0.497 e. The van der Waals surface area contributed by atoms with E-state index in [0.717, 1.165) is 21.2 Å². The van der Waals surface area contributed by atoms with Crippen LogP contribution in [-0.2, 0) is 11.3 Å². The maximum Gasteiger partial charge on any atom is 0.358 e. The van der Waals surface area contributed by atoms with Gasteiger partial charge in [0.05, 0.1) is 12.0 Å². The molecule has 0 aliphatic rings. The molecule has 4 aromatic rings. The lowest BCUT2D eigenvalue weighted by Crippen LogP contribution is -2.05. The first-order valence-electron chi connectivity index (χ1n) is 7.86. The third-order valence-corrected chi connectivity index (χ3v) is 5.34. The molecule has 0 N–H and O–H groups in total. The van der Waals surface area contributed by atoms with E-state index in [0.29, 0.717) is 5.82 Å². The van der Waals surface area contributed by atoms with Crippen LogP contribution in [0.3, 0.4) is 0 Å². The number of carbonyl (C=O) groups excluding carboxylic acids is 1. The number of thiazole rings is 1. The van der Waals surface area contributed by atoms with Gasteiger partial charge in [-0.05, 0) is 35.7 Å². The van der Waals surface area contributed by atoms with Crippen LogP contribution < -0.4 is 4.74 Å². The van der Waals surface area contributed by atoms with Crippen LogP contribution in [0.2, 0.25) is 0 Å². The molecule has 0 radical (unpaired) electrons. The molecule has 0 aliphatic carbocycles. The lowest BCUT2D eigenvalue weighted by Gasteiger charge is -2.00. The molecule has 9 heteroatoms. The van der Waals surface area contributed by atoms with Gasteiger partial charge >= 0.3 is 5.97 Å². The molecule has 7 nitrogen and oxygen atoms in total. The van der Waals surface area contributed by atoms with Crippen LogP contribution in [0.15, 0.2) is 51.7 Å². The van der Waals surface area contributed by atoms with Crippen LogP contribution in [-0.4, -0.2) is 28.2 Å². The maximum absolute atomic E-state index is 12.2. The van der Waals surface area contributed by atoms with E-state index >= 15 is 0 Å². The summed E-state index contributed by atoms with van der Waals surface area (Å²) in [6, 6.07) is 11.2. The summed E-state index contributed by atoms with van der Waals surface area (Å²) in [5, 5.41) is 8.19. The Morgan fingerprint density at radius 3 is 2.74 bits per heavy atom. The van der Waals surface area contributed by atoms with Gasteiger partial charge in [0, 0.05) is 10.9 Å². The molecule has 0 atom stereocenters. The van der Waals surface area contributed by atoms with E-state index in [2.05, 4.69) is 15.1 Å². The maximum atomic E-state index is 12.2. The largest absolute Gasteiger partial charge is 0.497 e. The second-order valence-corrected chi connectivity index (χ2v) is 7.14. The Bertz CT molecular complexity index is 1040. The van der Waals surface area contributed by atoms with Gasteiger partial charge in [0.1, 0.15) is 10.8 Å². The van der Waals surface area contributed by atoms with Crippen LogP contribution in [0.4, 0.5) is 0 Å². The molecule has 0 spiro atoms. The Labute approximate surface area is 162 Å². The summed E-state index contributed by atoms with van der Waals surface area (Å²) >= 11 is 2.87. The summed E-state index contributed by atoms with van der Waals surface area (Å²) in [5.41, 5.74) is 1.14. The molecule has 4 rings (SSSR count). The van der Waals surface area contributed by atoms with Crippen molar-refractivity contribution in [1.29, 1.82) is 0 Å². The predicted molar refractivity (Wildman–Crippen MR) is 101 cm³/mol. The number of methoxy groups -OCH3 is 1. The molecule has 3 heterocycles. The molecule has 0 aliphatic heterocycles. The van der Waals surface area contributed by atoms with Gasteiger partial charge in [-0.2, -0.15) is 4.98 Å². The molecular weight excluding hydrogens is 386 g/mol. The van der Waals surface area contributed by atoms with Gasteiger partial charge in [-0.25, -0.2) is 9.78 Å². The third kappa shape index (κ3) is 3.88. The van der Waals surface area contributed by atoms with Gasteiger partial charge in [-0.1, -0.05) is 11.2 Å². The van der Waals surface area contributed by atoms with Crippen molar-refractivity contribution in [3.8, 4) is 27.0 Å². The van der Waals surface area contributed by atoms with E-state index in [1.807, 2.05) is 41.8 Å². The van der Waals surface area contributed by atoms with Crippen molar-refractivity contribution in [1.82, 2.24) is 15.1 Å². The average molecular weight is 399 g/mol. The normalized spacial score (nSPS) is 10.7. The van der Waals surface area contributed by atoms with Crippen molar-refractivity contribution in [3.63, 3.8) is 0 Å². The summed E-state index contributed by atoms with van der Waals surface area (Å²) in [6.45, 7) is -0.105. The second-order valence-electron chi connectivity index (χ2n) is 5.33. The highest BCUT2D eigenvalue weighted by Crippen LogP contribution is 2.26. The van der Waals surface area contributed by atoms with Crippen LogP contribution in [0, 0.1) is 0 Å². The Hall–Kier alpha value is -3.04. The minimum atomic E-state index is -0.540. The van der Waals surface area contributed by atoms with E-state index in [-0.39, 0.29) is 18.2 Å². The standard InChI is InChI=1S/C18H13N3O4S2/c1-23-12-6-4-11(5-7-12)17-19-13(10-27-17)18(22)24-9-15-20-16(21-25-15)14-3-2-8-26-14/h2-8,10H,9H2,1H3. The van der Waals surface area contributed by atoms with E-state index in [1.54, 1.807) is 12.5 Å². The molecular formula is C18H13N3O4S2. The number of rotatable bonds is 6. The average Bonchev–Trinajstić information content (AvgIpc) is 3.47. The van der Waals surface area contributed by atoms with E-state index in [4.69, 9.17) is 14.0 Å². The number of aromatic nitrogens is 3. The van der Waals surface area contributed by atoms with Crippen molar-refractivity contribution in [2.45, 2.75) is 6.61 Å². The number of hydrogen-bond acceptors (Lipinski definition) is 9. The Morgan fingerprint density at radius 2 is 2.00 bits per heavy atom. The number of benzene rings is 1. The fraction of sp³-hybridized carbons (Fsp3) is 0.111. The number of ether oxygens (including phenoxy) is 2. The highest BCUT2D eigenvalue weighted by Gasteiger charge is 2.16. The van der Waals surface area contributed by atoms with Crippen molar-refractivity contribution >= 4 is 28.6 Å². The first-order chi connectivity index (χ1) is 13.2. The number of thiophene rings is 1. The van der Waals surface area contributed by atoms with Crippen molar-refractivity contribution in [2.75, 3.05) is 7.11 Å². The third-order valence-electron chi connectivity index (χ3n) is 3.59. The molecule has 3 aromatic heterocycles. The predicted octanol–water partition coefficient (Wildman–Crippen LogP) is 4.29. The SMILES string of the molecule is COc1ccc(-c2nc(C(=O)OCc3nc(-c4cccs4)no3)cs2)cc1. The Morgan fingerprint density at radius 1 is 1.15 bits per heavy atom. The summed E-state index contributed by atoms with van der Waals surface area (Å²) < 4.78 is 15.5. The van der Waals surface area contributed by atoms with Gasteiger partial charge in [0.2, 0.25) is 5.82 Å². The molecule has 0 amide bonds. The molecule has 1 aromatic carbocycles. The fourth-order valence-electron chi connectivity index (χ4n) is 2.25. The molecule has 0 saturated carbocycles. The number of esters is 1. The van der Waals surface area contributed by atoms with Gasteiger partial charge < -0.3 is 14.0 Å². The Balaban J connectivity index is 1.39. The Kier molecular flexibility index (Phi) is 4.95. The van der Waals surface area contributed by atoms with Crippen LogP contribution in [0.1, 0.15) is 16.4 Å². The molecule has 0 fully saturated rings. The van der Waals surface area contributed by atoms with Crippen LogP contribution in [0.25, 0.3) is 21.3 Å². The molecule has 0 saturated heterocycles. The first-order valence-corrected chi connectivity index (χ1v) is 9.62. The quantitative estimate of drug-likeness (QED) is 0.447. The minimum absolute atomic E-state index is 0.105. The lowest BCUT2D eigenvalue weighted by atomic mass is 10.2. The summed E-state index contributed by atoms with van der Waals surface area (Å²) in [7, 11) is 1.61. The molecule has 0 bridgehead atoms. The van der Waals surface area contributed by atoms with Gasteiger partial charge in [0.15, 0.2) is 12.3 Å². The topological polar surface area (TPSA) is 87.3 Å². The molecule has 0 unspecified atom stereocenters. The number of carbonyl (C=O) groups is 1. The first kappa shape index (κ1) is 17.4. The van der Waals surface area contributed by atoms with Gasteiger partial charge in [-0.15, -0.1) is 22.7 Å². The highest BCUT2D eigenvalue weighted by molar-refractivity contribution is 7.13. The molecule has 27 heavy (non-hydrogen) atoms. The van der Waals surface area contributed by atoms with E-state index in [1.165, 1.54) is 22.7 Å². The highest BCUT2D eigenvalue weighted by atomic mass is 32.1. The lowest BCUT2D eigenvalue weighted by molar-refractivity contribution is 0.0424. The second kappa shape index (κ2) is 7.68. The zero-order valence-electron chi connectivity index (χ0n) is 14.1. The van der Waals surface area contributed by atoms with Crippen molar-refractivity contribution in [3.05, 3.63) is 58.7 Å². The van der Waals surface area contributed by atoms with Gasteiger partial charge in [0.25, 0.3) is 5.89 Å². The summed E-state index contributed by atoms with van der Waals surface area (Å²) in [6.07, 6.45) is 0. The van der Waals surface area contributed by atoms with Crippen molar-refractivity contribution in [2.24, 2.45) is 0 Å². The smallest absolute Gasteiger partial charge is 0.358 e. The summed E-state index contributed by atoms with van der Waals surface area (Å²) in [4.78, 5) is 21.6. The zero-order chi connectivity index (χ0) is 18.6. The van der Waals surface area contributed by atoms with Crippen LogP contribution in [0.5, 0.6) is 5.75 Å². The fourth-order valence-corrected chi connectivity index (χ4v) is 3.70. The van der Waals surface area contributed by atoms with E-state index < -0.39 is 5.97 Å².